The van der Waals surface area contributed by atoms with Crippen molar-refractivity contribution in [3.63, 3.8) is 0 Å². The molecule has 0 atom stereocenters. The molecule has 0 amide bonds. The number of fused-ring (bicyclic) bond motifs is 1. The Bertz CT molecular complexity index is 380. The quantitative estimate of drug-likeness (QED) is 0.853. The molecule has 1 N–H and O–H groups in total. The van der Waals surface area contributed by atoms with Crippen LogP contribution in [0.4, 0.5) is 5.82 Å². The van der Waals surface area contributed by atoms with Crippen molar-refractivity contribution in [2.75, 3.05) is 31.1 Å². The minimum Gasteiger partial charge on any atom is -0.353 e. The van der Waals surface area contributed by atoms with Gasteiger partial charge in [-0.15, -0.1) is 29.9 Å². The molecule has 2 heterocycles. The van der Waals surface area contributed by atoms with Gasteiger partial charge in [-0.1, -0.05) is 0 Å². The molecule has 0 saturated carbocycles. The van der Waals surface area contributed by atoms with Crippen LogP contribution in [0.2, 0.25) is 0 Å². The number of halogens is 2. The summed E-state index contributed by atoms with van der Waals surface area (Å²) in [6.07, 6.45) is 4.88. The van der Waals surface area contributed by atoms with E-state index in [2.05, 4.69) is 26.5 Å². The van der Waals surface area contributed by atoms with Gasteiger partial charge in [-0.3, -0.25) is 0 Å². The standard InChI is InChI=1S/C12H18N4.2ClH/c1-2-4-11-10(3-1)9-12(15-14-11)16-7-5-13-6-8-16;;/h9,13H,1-8H2;2*1H. The molecule has 2 aliphatic rings. The molecule has 18 heavy (non-hydrogen) atoms. The summed E-state index contributed by atoms with van der Waals surface area (Å²) in [5.74, 6) is 1.07. The molecule has 3 rings (SSSR count). The van der Waals surface area contributed by atoms with Crippen LogP contribution < -0.4 is 10.2 Å². The summed E-state index contributed by atoms with van der Waals surface area (Å²) < 4.78 is 0. The van der Waals surface area contributed by atoms with Crippen LogP contribution in [0.15, 0.2) is 6.07 Å². The van der Waals surface area contributed by atoms with E-state index in [4.69, 9.17) is 0 Å². The first-order valence-corrected chi connectivity index (χ1v) is 6.24. The van der Waals surface area contributed by atoms with E-state index in [1.807, 2.05) is 0 Å². The zero-order chi connectivity index (χ0) is 10.8. The molecule has 0 unspecified atom stereocenters. The van der Waals surface area contributed by atoms with Gasteiger partial charge in [0.15, 0.2) is 5.82 Å². The molecular formula is C12H20Cl2N4. The molecule has 102 valence electrons. The highest BCUT2D eigenvalue weighted by molar-refractivity contribution is 5.85. The first-order chi connectivity index (χ1) is 7.93. The number of piperazine rings is 1. The predicted molar refractivity (Wildman–Crippen MR) is 78.3 cm³/mol. The van der Waals surface area contributed by atoms with Gasteiger partial charge in [-0.2, -0.15) is 5.10 Å². The average molecular weight is 291 g/mol. The number of rotatable bonds is 1. The zero-order valence-corrected chi connectivity index (χ0v) is 12.0. The van der Waals surface area contributed by atoms with E-state index in [9.17, 15) is 0 Å². The monoisotopic (exact) mass is 290 g/mol. The normalized spacial score (nSPS) is 18.3. The van der Waals surface area contributed by atoms with Crippen LogP contribution in [-0.4, -0.2) is 36.4 Å². The second-order valence-corrected chi connectivity index (χ2v) is 4.62. The van der Waals surface area contributed by atoms with Crippen molar-refractivity contribution in [2.45, 2.75) is 25.7 Å². The van der Waals surface area contributed by atoms with Gasteiger partial charge in [0.05, 0.1) is 5.69 Å². The second kappa shape index (κ2) is 7.12. The molecule has 1 saturated heterocycles. The third-order valence-electron chi connectivity index (χ3n) is 3.50. The van der Waals surface area contributed by atoms with Crippen molar-refractivity contribution < 1.29 is 0 Å². The van der Waals surface area contributed by atoms with Crippen molar-refractivity contribution in [3.05, 3.63) is 17.3 Å². The summed E-state index contributed by atoms with van der Waals surface area (Å²) in [6.45, 7) is 4.21. The number of hydrogen-bond donors (Lipinski definition) is 1. The SMILES string of the molecule is Cl.Cl.c1c(N2CCNCC2)nnc2c1CCCC2. The Morgan fingerprint density at radius 3 is 2.50 bits per heavy atom. The van der Waals surface area contributed by atoms with E-state index in [0.29, 0.717) is 0 Å². The molecule has 0 bridgehead atoms. The van der Waals surface area contributed by atoms with E-state index < -0.39 is 0 Å². The van der Waals surface area contributed by atoms with E-state index >= 15 is 0 Å². The lowest BCUT2D eigenvalue weighted by Crippen LogP contribution is -2.44. The van der Waals surface area contributed by atoms with Gasteiger partial charge in [0, 0.05) is 26.2 Å². The van der Waals surface area contributed by atoms with E-state index in [1.165, 1.54) is 30.5 Å². The lowest BCUT2D eigenvalue weighted by atomic mass is 9.97. The third-order valence-corrected chi connectivity index (χ3v) is 3.50. The van der Waals surface area contributed by atoms with Crippen LogP contribution >= 0.6 is 24.8 Å². The number of anilines is 1. The van der Waals surface area contributed by atoms with Gasteiger partial charge in [-0.05, 0) is 37.3 Å². The van der Waals surface area contributed by atoms with Crippen LogP contribution in [0.5, 0.6) is 0 Å². The zero-order valence-electron chi connectivity index (χ0n) is 10.4. The molecule has 0 spiro atoms. The topological polar surface area (TPSA) is 41.0 Å². The Labute approximate surface area is 120 Å². The summed E-state index contributed by atoms with van der Waals surface area (Å²) in [4.78, 5) is 2.33. The largest absolute Gasteiger partial charge is 0.353 e. The highest BCUT2D eigenvalue weighted by atomic mass is 35.5. The summed E-state index contributed by atoms with van der Waals surface area (Å²) in [7, 11) is 0. The predicted octanol–water partition coefficient (Wildman–Crippen LogP) is 1.61. The maximum absolute atomic E-state index is 4.38. The van der Waals surface area contributed by atoms with Crippen molar-refractivity contribution in [2.24, 2.45) is 0 Å². The summed E-state index contributed by atoms with van der Waals surface area (Å²) in [5.41, 5.74) is 2.65. The van der Waals surface area contributed by atoms with Gasteiger partial charge < -0.3 is 10.2 Å². The van der Waals surface area contributed by atoms with Crippen LogP contribution in [0.3, 0.4) is 0 Å². The molecule has 1 aromatic heterocycles. The van der Waals surface area contributed by atoms with Gasteiger partial charge in [0.1, 0.15) is 0 Å². The first kappa shape index (κ1) is 15.5. The summed E-state index contributed by atoms with van der Waals surface area (Å²) >= 11 is 0. The van der Waals surface area contributed by atoms with Crippen LogP contribution in [0, 0.1) is 0 Å². The molecule has 0 aromatic carbocycles. The molecule has 0 radical (unpaired) electrons. The van der Waals surface area contributed by atoms with Crippen LogP contribution in [-0.2, 0) is 12.8 Å². The van der Waals surface area contributed by atoms with Crippen LogP contribution in [0.25, 0.3) is 0 Å². The van der Waals surface area contributed by atoms with Crippen molar-refractivity contribution >= 4 is 30.6 Å². The lowest BCUT2D eigenvalue weighted by Gasteiger charge is -2.28. The fraction of sp³-hybridized carbons (Fsp3) is 0.667. The first-order valence-electron chi connectivity index (χ1n) is 6.24. The number of nitrogens with one attached hydrogen (secondary N) is 1. The van der Waals surface area contributed by atoms with Crippen LogP contribution in [0.1, 0.15) is 24.1 Å². The lowest BCUT2D eigenvalue weighted by molar-refractivity contribution is 0.578. The average Bonchev–Trinajstić information content (AvgIpc) is 2.39. The van der Waals surface area contributed by atoms with Crippen molar-refractivity contribution in [1.29, 1.82) is 0 Å². The molecule has 6 heteroatoms. The molecule has 4 nitrogen and oxygen atoms in total. The van der Waals surface area contributed by atoms with Gasteiger partial charge in [-0.25, -0.2) is 0 Å². The molecule has 1 fully saturated rings. The fourth-order valence-corrected chi connectivity index (χ4v) is 2.53. The minimum atomic E-state index is 0. The fourth-order valence-electron chi connectivity index (χ4n) is 2.53. The van der Waals surface area contributed by atoms with Gasteiger partial charge in [0.2, 0.25) is 0 Å². The van der Waals surface area contributed by atoms with Crippen molar-refractivity contribution in [1.82, 2.24) is 15.5 Å². The van der Waals surface area contributed by atoms with Crippen molar-refractivity contribution in [3.8, 4) is 0 Å². The minimum absolute atomic E-state index is 0. The molecular weight excluding hydrogens is 271 g/mol. The number of nitrogens with zero attached hydrogens (tertiary/aromatic N) is 3. The summed E-state index contributed by atoms with van der Waals surface area (Å²) in [6, 6.07) is 2.26. The Hall–Kier alpha value is -0.580. The molecule has 1 aliphatic carbocycles. The summed E-state index contributed by atoms with van der Waals surface area (Å²) in [5, 5.41) is 12.1. The van der Waals surface area contributed by atoms with E-state index in [0.717, 1.165) is 38.4 Å². The van der Waals surface area contributed by atoms with E-state index in [-0.39, 0.29) is 24.8 Å². The Morgan fingerprint density at radius 1 is 1.00 bits per heavy atom. The molecule has 1 aromatic rings. The second-order valence-electron chi connectivity index (χ2n) is 4.62. The smallest absolute Gasteiger partial charge is 0.151 e. The highest BCUT2D eigenvalue weighted by Gasteiger charge is 2.16. The highest BCUT2D eigenvalue weighted by Crippen LogP contribution is 2.22. The number of aromatic nitrogens is 2. The van der Waals surface area contributed by atoms with Gasteiger partial charge >= 0.3 is 0 Å². The number of hydrogen-bond acceptors (Lipinski definition) is 4. The Morgan fingerprint density at radius 2 is 1.72 bits per heavy atom. The van der Waals surface area contributed by atoms with E-state index in [1.54, 1.807) is 0 Å². The third kappa shape index (κ3) is 3.25. The number of aryl methyl sites for hydroxylation is 2. The maximum Gasteiger partial charge on any atom is 0.151 e. The Balaban J connectivity index is 0.000000810. The Kier molecular flexibility index (Phi) is 6.12. The maximum atomic E-state index is 4.38. The molecule has 1 aliphatic heterocycles. The van der Waals surface area contributed by atoms with Gasteiger partial charge in [0.25, 0.3) is 0 Å².